The van der Waals surface area contributed by atoms with Gasteiger partial charge in [0.15, 0.2) is 0 Å². The average Bonchev–Trinajstić information content (AvgIpc) is 1.85. The number of nitrogens with one attached hydrogen (secondary N) is 1. The summed E-state index contributed by atoms with van der Waals surface area (Å²) in [7, 11) is 0. The number of hydrogen-bond acceptors (Lipinski definition) is 1. The van der Waals surface area contributed by atoms with Crippen molar-refractivity contribution in [2.45, 2.75) is 64.5 Å². The zero-order valence-electron chi connectivity index (χ0n) is 8.11. The fourth-order valence-corrected chi connectivity index (χ4v) is 1.86. The zero-order valence-corrected chi connectivity index (χ0v) is 8.11. The van der Waals surface area contributed by atoms with Crippen LogP contribution in [0.4, 0.5) is 0 Å². The van der Waals surface area contributed by atoms with Crippen molar-refractivity contribution in [3.8, 4) is 0 Å². The molecule has 1 nitrogen and oxygen atoms in total. The highest BCUT2D eigenvalue weighted by molar-refractivity contribution is 4.79. The Balaban J connectivity index is 0.00000121. The minimum Gasteiger partial charge on any atom is -0.309 e. The third-order valence-electron chi connectivity index (χ3n) is 2.24. The Bertz CT molecular complexity index is 111. The van der Waals surface area contributed by atoms with E-state index in [-0.39, 0.29) is 1.43 Å². The van der Waals surface area contributed by atoms with Gasteiger partial charge in [-0.15, -0.1) is 0 Å². The molecule has 11 heavy (non-hydrogen) atoms. The zero-order chi connectivity index (χ0) is 8.32. The monoisotopic (exact) mass is 157 g/mol. The van der Waals surface area contributed by atoms with Crippen molar-refractivity contribution >= 4 is 0 Å². The molecule has 1 rings (SSSR count). The van der Waals surface area contributed by atoms with Crippen LogP contribution in [0.25, 0.3) is 0 Å². The van der Waals surface area contributed by atoms with Crippen molar-refractivity contribution in [2.75, 3.05) is 0 Å². The van der Waals surface area contributed by atoms with Gasteiger partial charge in [-0.25, -0.2) is 0 Å². The van der Waals surface area contributed by atoms with E-state index in [2.05, 4.69) is 26.1 Å². The maximum absolute atomic E-state index is 3.66. The van der Waals surface area contributed by atoms with Crippen molar-refractivity contribution in [3.63, 3.8) is 0 Å². The van der Waals surface area contributed by atoms with E-state index in [1.807, 2.05) is 0 Å². The van der Waals surface area contributed by atoms with E-state index in [1.165, 1.54) is 32.1 Å². The van der Waals surface area contributed by atoms with Crippen LogP contribution in [0.3, 0.4) is 0 Å². The Morgan fingerprint density at radius 2 is 1.64 bits per heavy atom. The van der Waals surface area contributed by atoms with E-state index in [1.54, 1.807) is 0 Å². The molecule has 0 atom stereocenters. The molecule has 68 valence electrons. The van der Waals surface area contributed by atoms with Crippen LogP contribution < -0.4 is 5.32 Å². The van der Waals surface area contributed by atoms with Gasteiger partial charge < -0.3 is 5.32 Å². The van der Waals surface area contributed by atoms with Crippen molar-refractivity contribution in [1.82, 2.24) is 5.32 Å². The normalized spacial score (nSPS) is 22.1. The fourth-order valence-electron chi connectivity index (χ4n) is 1.86. The highest BCUT2D eigenvalue weighted by atomic mass is 15.0. The second-order valence-electron chi connectivity index (χ2n) is 4.73. The van der Waals surface area contributed by atoms with Crippen molar-refractivity contribution < 1.29 is 1.43 Å². The summed E-state index contributed by atoms with van der Waals surface area (Å²) in [6.45, 7) is 6.75. The molecule has 0 saturated heterocycles. The smallest absolute Gasteiger partial charge is 0.00990 e. The van der Waals surface area contributed by atoms with Gasteiger partial charge in [-0.2, -0.15) is 0 Å². The van der Waals surface area contributed by atoms with Gasteiger partial charge in [0.2, 0.25) is 0 Å². The van der Waals surface area contributed by atoms with Crippen LogP contribution in [0.15, 0.2) is 0 Å². The second-order valence-corrected chi connectivity index (χ2v) is 4.73. The van der Waals surface area contributed by atoms with E-state index in [4.69, 9.17) is 0 Å². The summed E-state index contributed by atoms with van der Waals surface area (Å²) < 4.78 is 0. The molecular weight excluding hydrogens is 134 g/mol. The van der Waals surface area contributed by atoms with Crippen LogP contribution in [0.1, 0.15) is 54.3 Å². The molecule has 0 spiro atoms. The lowest BCUT2D eigenvalue weighted by Crippen LogP contribution is -2.44. The molecule has 0 amide bonds. The Kier molecular flexibility index (Phi) is 2.94. The lowest BCUT2D eigenvalue weighted by Gasteiger charge is -2.31. The molecule has 1 fully saturated rings. The van der Waals surface area contributed by atoms with E-state index >= 15 is 0 Å². The molecule has 1 N–H and O–H groups in total. The summed E-state index contributed by atoms with van der Waals surface area (Å²) in [4.78, 5) is 0. The maximum Gasteiger partial charge on any atom is 0.00990 e. The van der Waals surface area contributed by atoms with Crippen molar-refractivity contribution in [3.05, 3.63) is 0 Å². The molecule has 1 heteroatoms. The first-order chi connectivity index (χ1) is 5.08. The van der Waals surface area contributed by atoms with Crippen LogP contribution in [-0.4, -0.2) is 11.6 Å². The fraction of sp³-hybridized carbons (Fsp3) is 1.00. The summed E-state index contributed by atoms with van der Waals surface area (Å²) in [6, 6.07) is 0.795. The lowest BCUT2D eigenvalue weighted by molar-refractivity contribution is 0.295. The maximum atomic E-state index is 3.66. The van der Waals surface area contributed by atoms with Gasteiger partial charge in [0.1, 0.15) is 0 Å². The van der Waals surface area contributed by atoms with Gasteiger partial charge in [0.25, 0.3) is 0 Å². The van der Waals surface area contributed by atoms with Gasteiger partial charge in [-0.1, -0.05) is 19.3 Å². The van der Waals surface area contributed by atoms with E-state index in [0.29, 0.717) is 5.54 Å². The Morgan fingerprint density at radius 3 is 2.09 bits per heavy atom. The number of hydrogen-bond donors (Lipinski definition) is 1. The summed E-state index contributed by atoms with van der Waals surface area (Å²) in [5, 5.41) is 3.66. The van der Waals surface area contributed by atoms with Crippen LogP contribution in [0.2, 0.25) is 0 Å². The van der Waals surface area contributed by atoms with Gasteiger partial charge in [0, 0.05) is 13.0 Å². The van der Waals surface area contributed by atoms with Crippen molar-refractivity contribution in [1.29, 1.82) is 0 Å². The molecule has 0 aromatic heterocycles. The van der Waals surface area contributed by atoms with E-state index < -0.39 is 0 Å². The van der Waals surface area contributed by atoms with Gasteiger partial charge in [0.05, 0.1) is 0 Å². The SMILES string of the molecule is CC(C)(C)NC1CCCCC1.[HH]. The van der Waals surface area contributed by atoms with E-state index in [9.17, 15) is 0 Å². The topological polar surface area (TPSA) is 12.0 Å². The average molecular weight is 157 g/mol. The second kappa shape index (κ2) is 3.57. The molecule has 0 aliphatic heterocycles. The third kappa shape index (κ3) is 3.76. The predicted octanol–water partition coefficient (Wildman–Crippen LogP) is 2.95. The Morgan fingerprint density at radius 1 is 1.09 bits per heavy atom. The summed E-state index contributed by atoms with van der Waals surface area (Å²) in [6.07, 6.45) is 7.07. The molecule has 0 unspecified atom stereocenters. The largest absolute Gasteiger partial charge is 0.309 e. The predicted molar refractivity (Wildman–Crippen MR) is 51.9 cm³/mol. The summed E-state index contributed by atoms with van der Waals surface area (Å²) in [5.41, 5.74) is 0.308. The minimum absolute atomic E-state index is 0. The molecule has 0 heterocycles. The molecule has 1 saturated carbocycles. The van der Waals surface area contributed by atoms with Gasteiger partial charge in [-0.05, 0) is 33.6 Å². The molecule has 0 aromatic carbocycles. The molecule has 0 aromatic rings. The summed E-state index contributed by atoms with van der Waals surface area (Å²) >= 11 is 0. The molecule has 0 radical (unpaired) electrons. The Hall–Kier alpha value is -0.0400. The molecule has 0 bridgehead atoms. The van der Waals surface area contributed by atoms with Gasteiger partial charge in [-0.3, -0.25) is 0 Å². The van der Waals surface area contributed by atoms with Crippen molar-refractivity contribution in [2.24, 2.45) is 0 Å². The highest BCUT2D eigenvalue weighted by Crippen LogP contribution is 2.19. The molecule has 1 aliphatic carbocycles. The third-order valence-corrected chi connectivity index (χ3v) is 2.24. The van der Waals surface area contributed by atoms with Crippen LogP contribution >= 0.6 is 0 Å². The molecular formula is C10H23N. The number of rotatable bonds is 1. The Labute approximate surface area is 72.1 Å². The molecule has 1 aliphatic rings. The highest BCUT2D eigenvalue weighted by Gasteiger charge is 2.18. The van der Waals surface area contributed by atoms with Gasteiger partial charge >= 0.3 is 0 Å². The minimum atomic E-state index is 0. The van der Waals surface area contributed by atoms with E-state index in [0.717, 1.165) is 6.04 Å². The first-order valence-electron chi connectivity index (χ1n) is 4.86. The van der Waals surface area contributed by atoms with Crippen LogP contribution in [0, 0.1) is 0 Å². The van der Waals surface area contributed by atoms with Crippen LogP contribution in [-0.2, 0) is 0 Å². The standard InChI is InChI=1S/C10H21N.H2/c1-10(2,3)11-9-7-5-4-6-8-9;/h9,11H,4-8H2,1-3H3;1H. The summed E-state index contributed by atoms with van der Waals surface area (Å²) in [5.74, 6) is 0. The quantitative estimate of drug-likeness (QED) is 0.617. The van der Waals surface area contributed by atoms with Crippen LogP contribution in [0.5, 0.6) is 0 Å². The first-order valence-corrected chi connectivity index (χ1v) is 4.86. The first kappa shape index (κ1) is 9.05. The lowest BCUT2D eigenvalue weighted by atomic mass is 9.93.